The van der Waals surface area contributed by atoms with Crippen LogP contribution in [0.1, 0.15) is 42.7 Å². The summed E-state index contributed by atoms with van der Waals surface area (Å²) in [6.45, 7) is 5.63. The number of hydrogen-bond acceptors (Lipinski definition) is 8. The van der Waals surface area contributed by atoms with Crippen LogP contribution < -0.4 is 14.8 Å². The number of carbonyl (C=O) groups excluding carboxylic acids is 1. The Hall–Kier alpha value is -3.88. The van der Waals surface area contributed by atoms with Gasteiger partial charge in [-0.1, -0.05) is 6.07 Å². The SMILES string of the molecule is Cc1c(C(=O)NC[C@@H]2CCCO2)nn(-c2cccc(F)c2)c1Oc1ccc([N+](=O)[O-])cc1S(=O)(=O)NC(C)C. The summed E-state index contributed by atoms with van der Waals surface area (Å²) in [5.74, 6) is -1.42. The first-order valence-electron chi connectivity index (χ1n) is 12.2. The van der Waals surface area contributed by atoms with E-state index in [2.05, 4.69) is 15.1 Å². The predicted molar refractivity (Wildman–Crippen MR) is 138 cm³/mol. The van der Waals surface area contributed by atoms with Crippen LogP contribution in [0.15, 0.2) is 47.4 Å². The van der Waals surface area contributed by atoms with Crippen LogP contribution in [0.5, 0.6) is 11.6 Å². The van der Waals surface area contributed by atoms with Crippen molar-refractivity contribution in [2.45, 2.75) is 50.7 Å². The molecule has 4 rings (SSSR count). The van der Waals surface area contributed by atoms with E-state index in [-0.39, 0.29) is 41.2 Å². The number of nitrogens with zero attached hydrogens (tertiary/aromatic N) is 3. The number of sulfonamides is 1. The minimum Gasteiger partial charge on any atom is -0.437 e. The second-order valence-electron chi connectivity index (χ2n) is 9.28. The van der Waals surface area contributed by atoms with Gasteiger partial charge >= 0.3 is 0 Å². The van der Waals surface area contributed by atoms with Gasteiger partial charge in [0.1, 0.15) is 16.5 Å². The summed E-state index contributed by atoms with van der Waals surface area (Å²) in [6, 6.07) is 7.98. The van der Waals surface area contributed by atoms with Gasteiger partial charge < -0.3 is 14.8 Å². The van der Waals surface area contributed by atoms with Gasteiger partial charge in [0.25, 0.3) is 11.6 Å². The number of carbonyl (C=O) groups is 1. The maximum atomic E-state index is 14.1. The maximum Gasteiger partial charge on any atom is 0.272 e. The normalized spacial score (nSPS) is 15.5. The number of nitrogens with one attached hydrogen (secondary N) is 2. The van der Waals surface area contributed by atoms with Crippen LogP contribution in [0, 0.1) is 22.9 Å². The third kappa shape index (κ3) is 6.41. The monoisotopic (exact) mass is 561 g/mol. The van der Waals surface area contributed by atoms with Crippen molar-refractivity contribution in [2.24, 2.45) is 0 Å². The van der Waals surface area contributed by atoms with Gasteiger partial charge in [-0.25, -0.2) is 17.5 Å². The molecule has 12 nitrogen and oxygen atoms in total. The van der Waals surface area contributed by atoms with Crippen LogP contribution in [-0.2, 0) is 14.8 Å². The number of ether oxygens (including phenoxy) is 2. The molecule has 0 spiro atoms. The average Bonchev–Trinajstić information content (AvgIpc) is 3.50. The standard InChI is InChI=1S/C25H28FN5O7S/c1-15(2)29-39(35,36)22-13-19(31(33)34)9-10-21(22)38-25-16(3)23(24(32)27-14-20-8-5-11-37-20)28-30(25)18-7-4-6-17(26)12-18/h4,6-7,9-10,12-13,15,20,29H,5,8,11,14H2,1-3H3,(H,27,32)/t20-/m0/s1. The molecule has 0 radical (unpaired) electrons. The van der Waals surface area contributed by atoms with E-state index in [1.807, 2.05) is 0 Å². The second kappa shape index (κ2) is 11.5. The first kappa shape index (κ1) is 28.1. The summed E-state index contributed by atoms with van der Waals surface area (Å²) in [4.78, 5) is 23.2. The summed E-state index contributed by atoms with van der Waals surface area (Å²) in [7, 11) is -4.25. The first-order valence-corrected chi connectivity index (χ1v) is 13.7. The van der Waals surface area contributed by atoms with E-state index >= 15 is 0 Å². The highest BCUT2D eigenvalue weighted by Crippen LogP contribution is 2.36. The van der Waals surface area contributed by atoms with Crippen LogP contribution in [0.25, 0.3) is 5.69 Å². The fourth-order valence-electron chi connectivity index (χ4n) is 4.08. The minimum absolute atomic E-state index is 0.0288. The van der Waals surface area contributed by atoms with Crippen molar-refractivity contribution in [1.29, 1.82) is 0 Å². The maximum absolute atomic E-state index is 14.1. The zero-order valence-electron chi connectivity index (χ0n) is 21.5. The number of aromatic nitrogens is 2. The lowest BCUT2D eigenvalue weighted by Gasteiger charge is -2.15. The lowest BCUT2D eigenvalue weighted by Crippen LogP contribution is -2.32. The van der Waals surface area contributed by atoms with Gasteiger partial charge in [0.2, 0.25) is 15.9 Å². The second-order valence-corrected chi connectivity index (χ2v) is 11.0. The molecular weight excluding hydrogens is 533 g/mol. The largest absolute Gasteiger partial charge is 0.437 e. The fourth-order valence-corrected chi connectivity index (χ4v) is 5.48. The summed E-state index contributed by atoms with van der Waals surface area (Å²) in [5, 5.41) is 18.5. The van der Waals surface area contributed by atoms with E-state index in [0.717, 1.165) is 31.0 Å². The number of benzene rings is 2. The quantitative estimate of drug-likeness (QED) is 0.281. The van der Waals surface area contributed by atoms with Gasteiger partial charge in [-0.3, -0.25) is 14.9 Å². The predicted octanol–water partition coefficient (Wildman–Crippen LogP) is 3.62. The number of hydrogen-bond donors (Lipinski definition) is 2. The zero-order chi connectivity index (χ0) is 28.3. The van der Waals surface area contributed by atoms with Crippen molar-refractivity contribution < 1.29 is 32.0 Å². The number of rotatable bonds is 10. The first-order chi connectivity index (χ1) is 18.5. The van der Waals surface area contributed by atoms with Crippen molar-refractivity contribution in [3.63, 3.8) is 0 Å². The average molecular weight is 562 g/mol. The van der Waals surface area contributed by atoms with Crippen LogP contribution in [0.4, 0.5) is 10.1 Å². The fraction of sp³-hybridized carbons (Fsp3) is 0.360. The molecule has 2 aromatic carbocycles. The van der Waals surface area contributed by atoms with Gasteiger partial charge in [-0.2, -0.15) is 9.78 Å². The summed E-state index contributed by atoms with van der Waals surface area (Å²) >= 11 is 0. The molecule has 0 saturated carbocycles. The number of nitro groups is 1. The summed E-state index contributed by atoms with van der Waals surface area (Å²) in [6.07, 6.45) is 1.60. The molecule has 39 heavy (non-hydrogen) atoms. The molecule has 1 saturated heterocycles. The van der Waals surface area contributed by atoms with Crippen LogP contribution in [0.2, 0.25) is 0 Å². The third-order valence-corrected chi connectivity index (χ3v) is 7.56. The van der Waals surface area contributed by atoms with Crippen molar-refractivity contribution in [3.8, 4) is 17.3 Å². The zero-order valence-corrected chi connectivity index (χ0v) is 22.3. The Labute approximate surface area is 224 Å². The van der Waals surface area contributed by atoms with Crippen LogP contribution >= 0.6 is 0 Å². The molecule has 3 aromatic rings. The van der Waals surface area contributed by atoms with Crippen molar-refractivity contribution in [2.75, 3.05) is 13.2 Å². The van der Waals surface area contributed by atoms with Gasteiger partial charge in [0.15, 0.2) is 5.69 Å². The molecule has 2 N–H and O–H groups in total. The Morgan fingerprint density at radius 1 is 1.31 bits per heavy atom. The highest BCUT2D eigenvalue weighted by molar-refractivity contribution is 7.89. The van der Waals surface area contributed by atoms with E-state index in [0.29, 0.717) is 6.61 Å². The van der Waals surface area contributed by atoms with Crippen LogP contribution in [0.3, 0.4) is 0 Å². The van der Waals surface area contributed by atoms with Gasteiger partial charge in [0.05, 0.1) is 16.7 Å². The molecule has 1 fully saturated rings. The molecular formula is C25H28FN5O7S. The minimum atomic E-state index is -4.25. The number of amides is 1. The Balaban J connectivity index is 1.79. The molecule has 14 heteroatoms. The van der Waals surface area contributed by atoms with Crippen molar-refractivity contribution >= 4 is 21.6 Å². The van der Waals surface area contributed by atoms with E-state index in [4.69, 9.17) is 9.47 Å². The Morgan fingerprint density at radius 2 is 2.08 bits per heavy atom. The molecule has 0 unspecified atom stereocenters. The Kier molecular flexibility index (Phi) is 8.28. The van der Waals surface area contributed by atoms with Gasteiger partial charge in [-0.05, 0) is 57.9 Å². The number of halogens is 1. The molecule has 208 valence electrons. The van der Waals surface area contributed by atoms with Crippen molar-refractivity contribution in [1.82, 2.24) is 19.8 Å². The molecule has 1 amide bonds. The van der Waals surface area contributed by atoms with E-state index < -0.39 is 43.3 Å². The topological polar surface area (TPSA) is 155 Å². The van der Waals surface area contributed by atoms with E-state index in [9.17, 15) is 27.7 Å². The number of nitro benzene ring substituents is 1. The Morgan fingerprint density at radius 3 is 2.72 bits per heavy atom. The highest BCUT2D eigenvalue weighted by Gasteiger charge is 2.29. The lowest BCUT2D eigenvalue weighted by molar-refractivity contribution is -0.385. The summed E-state index contributed by atoms with van der Waals surface area (Å²) in [5.41, 5.74) is -0.0459. The molecule has 0 bridgehead atoms. The molecule has 0 aliphatic carbocycles. The highest BCUT2D eigenvalue weighted by atomic mass is 32.2. The summed E-state index contributed by atoms with van der Waals surface area (Å²) < 4.78 is 55.4. The molecule has 2 heterocycles. The van der Waals surface area contributed by atoms with Crippen molar-refractivity contribution in [3.05, 3.63) is 69.7 Å². The molecule has 1 aromatic heterocycles. The third-order valence-electron chi connectivity index (χ3n) is 5.88. The van der Waals surface area contributed by atoms with E-state index in [1.54, 1.807) is 20.8 Å². The van der Waals surface area contributed by atoms with E-state index in [1.165, 1.54) is 28.9 Å². The Bertz CT molecular complexity index is 1500. The molecule has 1 atom stereocenters. The lowest BCUT2D eigenvalue weighted by atomic mass is 10.2. The molecule has 1 aliphatic rings. The van der Waals surface area contributed by atoms with Gasteiger partial charge in [0, 0.05) is 36.9 Å². The number of non-ortho nitro benzene ring substituents is 1. The smallest absolute Gasteiger partial charge is 0.272 e. The van der Waals surface area contributed by atoms with Crippen LogP contribution in [-0.4, -0.2) is 54.3 Å². The molecule has 1 aliphatic heterocycles. The van der Waals surface area contributed by atoms with Gasteiger partial charge in [-0.15, -0.1) is 0 Å².